The molecule has 0 bridgehead atoms. The van der Waals surface area contributed by atoms with Gasteiger partial charge in [-0.1, -0.05) is 41.9 Å². The summed E-state index contributed by atoms with van der Waals surface area (Å²) in [6.07, 6.45) is 3.92. The molecule has 0 unspecified atom stereocenters. The molecular formula is C19H22ClN2O+. The molecule has 0 radical (unpaired) electrons. The number of rotatable bonds is 4. The average Bonchev–Trinajstić information content (AvgIpc) is 2.58. The SMILES string of the molecule is Oc1ccc(Cl)cc1C=NC1CC[NH+](Cc2ccccc2)CC1. The number of nitrogens with zero attached hydrogens (tertiary/aromatic N) is 1. The summed E-state index contributed by atoms with van der Waals surface area (Å²) in [6, 6.07) is 16.0. The molecular weight excluding hydrogens is 308 g/mol. The second-order valence-corrected chi connectivity index (χ2v) is 6.56. The zero-order valence-electron chi connectivity index (χ0n) is 13.1. The van der Waals surface area contributed by atoms with Gasteiger partial charge in [0, 0.05) is 35.2 Å². The van der Waals surface area contributed by atoms with Crippen LogP contribution in [0.3, 0.4) is 0 Å². The van der Waals surface area contributed by atoms with Crippen LogP contribution in [0.4, 0.5) is 0 Å². The second-order valence-electron chi connectivity index (χ2n) is 6.12. The maximum atomic E-state index is 9.82. The number of aliphatic imine (C=N–C) groups is 1. The van der Waals surface area contributed by atoms with Crippen molar-refractivity contribution < 1.29 is 10.0 Å². The molecule has 1 aliphatic heterocycles. The van der Waals surface area contributed by atoms with Gasteiger partial charge in [-0.3, -0.25) is 4.99 Å². The first kappa shape index (κ1) is 16.0. The van der Waals surface area contributed by atoms with Crippen LogP contribution in [-0.2, 0) is 6.54 Å². The van der Waals surface area contributed by atoms with Gasteiger partial charge in [0.05, 0.1) is 19.1 Å². The van der Waals surface area contributed by atoms with Crippen LogP contribution in [0.15, 0.2) is 53.5 Å². The van der Waals surface area contributed by atoms with E-state index in [1.54, 1.807) is 29.3 Å². The zero-order valence-corrected chi connectivity index (χ0v) is 13.8. The first-order valence-electron chi connectivity index (χ1n) is 8.10. The predicted molar refractivity (Wildman–Crippen MR) is 94.6 cm³/mol. The lowest BCUT2D eigenvalue weighted by Gasteiger charge is -2.27. The summed E-state index contributed by atoms with van der Waals surface area (Å²) in [4.78, 5) is 6.26. The Morgan fingerprint density at radius 2 is 1.87 bits per heavy atom. The molecule has 3 nitrogen and oxygen atoms in total. The van der Waals surface area contributed by atoms with E-state index in [1.807, 2.05) is 0 Å². The molecule has 23 heavy (non-hydrogen) atoms. The molecule has 1 saturated heterocycles. The fourth-order valence-electron chi connectivity index (χ4n) is 3.04. The number of likely N-dealkylation sites (tertiary alicyclic amines) is 1. The van der Waals surface area contributed by atoms with Crippen LogP contribution >= 0.6 is 11.6 Å². The molecule has 2 aromatic carbocycles. The summed E-state index contributed by atoms with van der Waals surface area (Å²) in [5.74, 6) is 0.227. The van der Waals surface area contributed by atoms with Gasteiger partial charge >= 0.3 is 0 Å². The Morgan fingerprint density at radius 3 is 2.61 bits per heavy atom. The Morgan fingerprint density at radius 1 is 1.13 bits per heavy atom. The highest BCUT2D eigenvalue weighted by atomic mass is 35.5. The quantitative estimate of drug-likeness (QED) is 0.831. The van der Waals surface area contributed by atoms with E-state index in [9.17, 15) is 5.11 Å². The topological polar surface area (TPSA) is 37.0 Å². The normalized spacial score (nSPS) is 21.6. The van der Waals surface area contributed by atoms with Gasteiger partial charge in [-0.05, 0) is 18.2 Å². The molecule has 0 amide bonds. The third kappa shape index (κ3) is 4.57. The van der Waals surface area contributed by atoms with Crippen LogP contribution < -0.4 is 4.90 Å². The van der Waals surface area contributed by atoms with E-state index in [0.29, 0.717) is 16.6 Å². The number of hydrogen-bond donors (Lipinski definition) is 2. The van der Waals surface area contributed by atoms with Crippen molar-refractivity contribution in [2.24, 2.45) is 4.99 Å². The number of benzene rings is 2. The summed E-state index contributed by atoms with van der Waals surface area (Å²) in [6.45, 7) is 3.36. The number of quaternary nitrogens is 1. The minimum absolute atomic E-state index is 0.227. The maximum Gasteiger partial charge on any atom is 0.124 e. The number of nitrogens with one attached hydrogen (secondary N) is 1. The van der Waals surface area contributed by atoms with Gasteiger partial charge in [-0.15, -0.1) is 0 Å². The highest BCUT2D eigenvalue weighted by Gasteiger charge is 2.21. The van der Waals surface area contributed by atoms with Crippen LogP contribution in [0.5, 0.6) is 5.75 Å². The second kappa shape index (κ2) is 7.62. The lowest BCUT2D eigenvalue weighted by Crippen LogP contribution is -3.12. The maximum absolute atomic E-state index is 9.82. The van der Waals surface area contributed by atoms with Crippen molar-refractivity contribution in [3.63, 3.8) is 0 Å². The van der Waals surface area contributed by atoms with Crippen LogP contribution in [-0.4, -0.2) is 30.5 Å². The molecule has 120 valence electrons. The molecule has 1 aliphatic rings. The Balaban J connectivity index is 1.53. The predicted octanol–water partition coefficient (Wildman–Crippen LogP) is 2.71. The van der Waals surface area contributed by atoms with E-state index in [4.69, 9.17) is 11.6 Å². The Labute approximate surface area is 142 Å². The van der Waals surface area contributed by atoms with E-state index in [1.165, 1.54) is 5.56 Å². The van der Waals surface area contributed by atoms with Gasteiger partial charge in [0.1, 0.15) is 12.3 Å². The number of hydrogen-bond acceptors (Lipinski definition) is 2. The lowest BCUT2D eigenvalue weighted by molar-refractivity contribution is -0.918. The Kier molecular flexibility index (Phi) is 5.31. The zero-order chi connectivity index (χ0) is 16.1. The van der Waals surface area contributed by atoms with Crippen LogP contribution in [0.1, 0.15) is 24.0 Å². The Bertz CT molecular complexity index is 664. The third-order valence-corrected chi connectivity index (χ3v) is 4.61. The molecule has 0 atom stereocenters. The summed E-state index contributed by atoms with van der Waals surface area (Å²) in [5, 5.41) is 10.4. The molecule has 0 saturated carbocycles. The summed E-state index contributed by atoms with van der Waals surface area (Å²) >= 11 is 5.96. The molecule has 0 spiro atoms. The van der Waals surface area contributed by atoms with Gasteiger partial charge in [-0.2, -0.15) is 0 Å². The van der Waals surface area contributed by atoms with E-state index >= 15 is 0 Å². The van der Waals surface area contributed by atoms with Crippen molar-refractivity contribution >= 4 is 17.8 Å². The molecule has 1 fully saturated rings. The number of phenols is 1. The standard InChI is InChI=1S/C19H21ClN2O/c20-17-6-7-19(23)16(12-17)13-21-18-8-10-22(11-9-18)14-15-4-2-1-3-5-15/h1-7,12-13,18,23H,8-11,14H2/p+1. The number of aromatic hydroxyl groups is 1. The van der Waals surface area contributed by atoms with Gasteiger partial charge in [0.2, 0.25) is 0 Å². The van der Waals surface area contributed by atoms with E-state index in [0.717, 1.165) is 32.5 Å². The third-order valence-electron chi connectivity index (χ3n) is 4.37. The Hall–Kier alpha value is -1.84. The number of phenolic OH excluding ortho intramolecular Hbond substituents is 1. The molecule has 2 N–H and O–H groups in total. The smallest absolute Gasteiger partial charge is 0.124 e. The fourth-order valence-corrected chi connectivity index (χ4v) is 3.22. The van der Waals surface area contributed by atoms with Gasteiger partial charge in [0.25, 0.3) is 0 Å². The van der Waals surface area contributed by atoms with Crippen molar-refractivity contribution in [3.05, 3.63) is 64.7 Å². The van der Waals surface area contributed by atoms with Crippen LogP contribution in [0, 0.1) is 0 Å². The van der Waals surface area contributed by atoms with E-state index in [2.05, 4.69) is 35.3 Å². The lowest BCUT2D eigenvalue weighted by atomic mass is 10.0. The number of piperidine rings is 1. The molecule has 4 heteroatoms. The summed E-state index contributed by atoms with van der Waals surface area (Å²) < 4.78 is 0. The minimum Gasteiger partial charge on any atom is -0.507 e. The first-order chi connectivity index (χ1) is 11.2. The van der Waals surface area contributed by atoms with Crippen molar-refractivity contribution in [2.75, 3.05) is 13.1 Å². The molecule has 2 aromatic rings. The molecule has 0 aromatic heterocycles. The molecule has 0 aliphatic carbocycles. The molecule has 3 rings (SSSR count). The first-order valence-corrected chi connectivity index (χ1v) is 8.48. The van der Waals surface area contributed by atoms with Crippen molar-refractivity contribution in [1.29, 1.82) is 0 Å². The highest BCUT2D eigenvalue weighted by Crippen LogP contribution is 2.20. The van der Waals surface area contributed by atoms with E-state index in [-0.39, 0.29) is 5.75 Å². The van der Waals surface area contributed by atoms with Gasteiger partial charge < -0.3 is 10.0 Å². The fraction of sp³-hybridized carbons (Fsp3) is 0.316. The van der Waals surface area contributed by atoms with Crippen molar-refractivity contribution in [1.82, 2.24) is 0 Å². The average molecular weight is 330 g/mol. The highest BCUT2D eigenvalue weighted by molar-refractivity contribution is 6.30. The van der Waals surface area contributed by atoms with Crippen LogP contribution in [0.2, 0.25) is 5.02 Å². The monoisotopic (exact) mass is 329 g/mol. The van der Waals surface area contributed by atoms with Crippen molar-refractivity contribution in [2.45, 2.75) is 25.4 Å². The van der Waals surface area contributed by atoms with Gasteiger partial charge in [0.15, 0.2) is 0 Å². The van der Waals surface area contributed by atoms with E-state index < -0.39 is 0 Å². The van der Waals surface area contributed by atoms with Crippen LogP contribution in [0.25, 0.3) is 0 Å². The van der Waals surface area contributed by atoms with Gasteiger partial charge in [-0.25, -0.2) is 0 Å². The largest absolute Gasteiger partial charge is 0.507 e. The summed E-state index contributed by atoms with van der Waals surface area (Å²) in [7, 11) is 0. The van der Waals surface area contributed by atoms with Crippen molar-refractivity contribution in [3.8, 4) is 5.75 Å². The molecule has 1 heterocycles. The number of halogens is 1. The summed E-state index contributed by atoms with van der Waals surface area (Å²) in [5.41, 5.74) is 2.09. The minimum atomic E-state index is 0.227.